The fourth-order valence-corrected chi connectivity index (χ4v) is 2.34. The zero-order valence-electron chi connectivity index (χ0n) is 12.6. The Hall–Kier alpha value is -2.56. The number of nitrogens with zero attached hydrogens (tertiary/aromatic N) is 2. The molecule has 4 nitrogen and oxygen atoms in total. The van der Waals surface area contributed by atoms with Gasteiger partial charge in [-0.15, -0.1) is 0 Å². The average molecular weight is 357 g/mol. The van der Waals surface area contributed by atoms with Crippen LogP contribution < -0.4 is 0 Å². The van der Waals surface area contributed by atoms with Crippen molar-refractivity contribution in [3.8, 4) is 22.5 Å². The van der Waals surface area contributed by atoms with E-state index in [4.69, 9.17) is 23.2 Å². The molecule has 2 aromatic carbocycles. The maximum Gasteiger partial charge on any atom is 0.0924 e. The molecule has 0 saturated heterocycles. The zero-order valence-corrected chi connectivity index (χ0v) is 14.1. The zero-order chi connectivity index (χ0) is 16.8. The van der Waals surface area contributed by atoms with Gasteiger partial charge in [0.05, 0.1) is 36.4 Å². The molecule has 0 amide bonds. The Morgan fingerprint density at radius 3 is 1.25 bits per heavy atom. The van der Waals surface area contributed by atoms with Gasteiger partial charge in [0.1, 0.15) is 0 Å². The first-order valence-corrected chi connectivity index (χ1v) is 7.96. The summed E-state index contributed by atoms with van der Waals surface area (Å²) in [5, 5.41) is 1.50. The van der Waals surface area contributed by atoms with Crippen LogP contribution in [0.2, 0.25) is 10.0 Å². The molecule has 0 aliphatic heterocycles. The van der Waals surface area contributed by atoms with E-state index in [1.165, 1.54) is 0 Å². The van der Waals surface area contributed by atoms with Crippen LogP contribution in [0.15, 0.2) is 73.6 Å². The first kappa shape index (κ1) is 16.3. The lowest BCUT2D eigenvalue weighted by molar-refractivity contribution is 1.31. The molecular formula is C18H14Cl2N4. The second-order valence-corrected chi connectivity index (χ2v) is 5.82. The lowest BCUT2D eigenvalue weighted by Gasteiger charge is -1.95. The number of halogens is 2. The van der Waals surface area contributed by atoms with Crippen LogP contribution in [0, 0.1) is 0 Å². The molecule has 2 N–H and O–H groups in total. The van der Waals surface area contributed by atoms with Gasteiger partial charge >= 0.3 is 0 Å². The smallest absolute Gasteiger partial charge is 0.0924 e. The lowest BCUT2D eigenvalue weighted by Crippen LogP contribution is -1.74. The van der Waals surface area contributed by atoms with Gasteiger partial charge in [0, 0.05) is 10.0 Å². The highest BCUT2D eigenvalue weighted by Crippen LogP contribution is 2.19. The van der Waals surface area contributed by atoms with E-state index in [1.807, 2.05) is 48.5 Å². The van der Waals surface area contributed by atoms with Crippen molar-refractivity contribution in [1.29, 1.82) is 0 Å². The molecule has 0 saturated carbocycles. The summed E-state index contributed by atoms with van der Waals surface area (Å²) in [6.45, 7) is 0. The molecule has 24 heavy (non-hydrogen) atoms. The summed E-state index contributed by atoms with van der Waals surface area (Å²) < 4.78 is 0. The molecule has 0 radical (unpaired) electrons. The van der Waals surface area contributed by atoms with Crippen LogP contribution in [0.4, 0.5) is 0 Å². The molecule has 0 aliphatic carbocycles. The lowest BCUT2D eigenvalue weighted by atomic mass is 10.2. The van der Waals surface area contributed by atoms with Crippen molar-refractivity contribution in [3.05, 3.63) is 83.6 Å². The second kappa shape index (κ2) is 7.81. The third-order valence-corrected chi connectivity index (χ3v) is 3.81. The standard InChI is InChI=1S/2C9H7ClN2/c2*10-8-3-1-7(2-4-8)9-5-11-6-12-9/h2*1-6H,(H,11,12). The Morgan fingerprint density at radius 1 is 0.583 bits per heavy atom. The van der Waals surface area contributed by atoms with Gasteiger partial charge in [-0.1, -0.05) is 47.5 Å². The predicted molar refractivity (Wildman–Crippen MR) is 98.1 cm³/mol. The summed E-state index contributed by atoms with van der Waals surface area (Å²) in [7, 11) is 0. The summed E-state index contributed by atoms with van der Waals surface area (Å²) in [6.07, 6.45) is 6.88. The summed E-state index contributed by atoms with van der Waals surface area (Å²) >= 11 is 11.5. The number of rotatable bonds is 2. The SMILES string of the molecule is Clc1ccc(-c2cnc[nH]2)cc1.Clc1ccc(-c2cnc[nH]2)cc1. The fraction of sp³-hybridized carbons (Fsp3) is 0. The normalized spacial score (nSPS) is 10.1. The molecular weight excluding hydrogens is 343 g/mol. The molecule has 4 rings (SSSR count). The van der Waals surface area contributed by atoms with Gasteiger partial charge in [-0.3, -0.25) is 0 Å². The molecule has 4 aromatic rings. The number of hydrogen-bond donors (Lipinski definition) is 2. The van der Waals surface area contributed by atoms with Crippen LogP contribution in [0.5, 0.6) is 0 Å². The van der Waals surface area contributed by atoms with Gasteiger partial charge in [-0.25, -0.2) is 9.97 Å². The number of hydrogen-bond acceptors (Lipinski definition) is 2. The second-order valence-electron chi connectivity index (χ2n) is 4.94. The highest BCUT2D eigenvalue weighted by Gasteiger charge is 1.97. The van der Waals surface area contributed by atoms with E-state index in [2.05, 4.69) is 19.9 Å². The van der Waals surface area contributed by atoms with Gasteiger partial charge in [0.25, 0.3) is 0 Å². The number of aromatic nitrogens is 4. The molecule has 0 atom stereocenters. The maximum absolute atomic E-state index is 5.75. The van der Waals surface area contributed by atoms with E-state index < -0.39 is 0 Å². The van der Waals surface area contributed by atoms with Gasteiger partial charge in [0.2, 0.25) is 0 Å². The van der Waals surface area contributed by atoms with Crippen molar-refractivity contribution in [2.45, 2.75) is 0 Å². The van der Waals surface area contributed by atoms with E-state index in [1.54, 1.807) is 25.0 Å². The largest absolute Gasteiger partial charge is 0.345 e. The van der Waals surface area contributed by atoms with Crippen molar-refractivity contribution in [2.75, 3.05) is 0 Å². The fourth-order valence-electron chi connectivity index (χ4n) is 2.09. The van der Waals surface area contributed by atoms with Gasteiger partial charge < -0.3 is 9.97 Å². The van der Waals surface area contributed by atoms with Crippen molar-refractivity contribution in [1.82, 2.24) is 19.9 Å². The number of nitrogens with one attached hydrogen (secondary N) is 2. The summed E-state index contributed by atoms with van der Waals surface area (Å²) in [6, 6.07) is 15.3. The summed E-state index contributed by atoms with van der Waals surface area (Å²) in [4.78, 5) is 13.9. The van der Waals surface area contributed by atoms with Gasteiger partial charge in [-0.2, -0.15) is 0 Å². The molecule has 2 heterocycles. The number of benzene rings is 2. The summed E-state index contributed by atoms with van der Waals surface area (Å²) in [5.41, 5.74) is 4.20. The maximum atomic E-state index is 5.75. The Morgan fingerprint density at radius 2 is 0.958 bits per heavy atom. The molecule has 0 spiro atoms. The van der Waals surface area contributed by atoms with E-state index in [0.29, 0.717) is 0 Å². The highest BCUT2D eigenvalue weighted by atomic mass is 35.5. The first-order chi connectivity index (χ1) is 11.7. The van der Waals surface area contributed by atoms with Crippen LogP contribution in [-0.2, 0) is 0 Å². The minimum atomic E-state index is 0.748. The van der Waals surface area contributed by atoms with E-state index in [9.17, 15) is 0 Å². The predicted octanol–water partition coefficient (Wildman–Crippen LogP) is 5.46. The van der Waals surface area contributed by atoms with Gasteiger partial charge in [-0.05, 0) is 35.4 Å². The van der Waals surface area contributed by atoms with Gasteiger partial charge in [0.15, 0.2) is 0 Å². The minimum Gasteiger partial charge on any atom is -0.345 e. The number of imidazole rings is 2. The average Bonchev–Trinajstić information content (AvgIpc) is 3.31. The van der Waals surface area contributed by atoms with Crippen LogP contribution >= 0.6 is 23.2 Å². The molecule has 0 aliphatic rings. The van der Waals surface area contributed by atoms with Crippen molar-refractivity contribution in [3.63, 3.8) is 0 Å². The molecule has 0 unspecified atom stereocenters. The Labute approximate surface area is 149 Å². The topological polar surface area (TPSA) is 57.4 Å². The van der Waals surface area contributed by atoms with Crippen LogP contribution in [-0.4, -0.2) is 19.9 Å². The third-order valence-electron chi connectivity index (χ3n) is 3.31. The molecule has 2 aromatic heterocycles. The third kappa shape index (κ3) is 4.25. The first-order valence-electron chi connectivity index (χ1n) is 7.21. The molecule has 120 valence electrons. The molecule has 0 bridgehead atoms. The van der Waals surface area contributed by atoms with Crippen molar-refractivity contribution >= 4 is 23.2 Å². The monoisotopic (exact) mass is 356 g/mol. The summed E-state index contributed by atoms with van der Waals surface area (Å²) in [5.74, 6) is 0. The van der Waals surface area contributed by atoms with Crippen molar-refractivity contribution < 1.29 is 0 Å². The van der Waals surface area contributed by atoms with Crippen LogP contribution in [0.1, 0.15) is 0 Å². The molecule has 6 heteroatoms. The quantitative estimate of drug-likeness (QED) is 0.500. The van der Waals surface area contributed by atoms with E-state index in [-0.39, 0.29) is 0 Å². The Balaban J connectivity index is 0.000000141. The van der Waals surface area contributed by atoms with Crippen LogP contribution in [0.25, 0.3) is 22.5 Å². The Kier molecular flexibility index (Phi) is 5.31. The number of H-pyrrole nitrogens is 2. The van der Waals surface area contributed by atoms with Crippen molar-refractivity contribution in [2.24, 2.45) is 0 Å². The molecule has 0 fully saturated rings. The van der Waals surface area contributed by atoms with Crippen LogP contribution in [0.3, 0.4) is 0 Å². The van der Waals surface area contributed by atoms with E-state index in [0.717, 1.165) is 32.6 Å². The number of aromatic amines is 2. The minimum absolute atomic E-state index is 0.748. The highest BCUT2D eigenvalue weighted by molar-refractivity contribution is 6.30. The Bertz CT molecular complexity index is 777. The van der Waals surface area contributed by atoms with E-state index >= 15 is 0 Å².